The number of carbonyl (C=O) groups excluding carboxylic acids is 2. The van der Waals surface area contributed by atoms with Gasteiger partial charge in [0.2, 0.25) is 5.91 Å². The van der Waals surface area contributed by atoms with Gasteiger partial charge in [0.1, 0.15) is 6.04 Å². The van der Waals surface area contributed by atoms with Crippen molar-refractivity contribution < 1.29 is 9.59 Å². The Kier molecular flexibility index (Phi) is 6.37. The van der Waals surface area contributed by atoms with E-state index in [4.69, 9.17) is 0 Å². The van der Waals surface area contributed by atoms with E-state index in [0.717, 1.165) is 12.8 Å². The van der Waals surface area contributed by atoms with Crippen LogP contribution in [0.2, 0.25) is 0 Å². The number of likely N-dealkylation sites (N-methyl/N-ethyl adjacent to an activating group) is 1. The van der Waals surface area contributed by atoms with E-state index in [0.29, 0.717) is 12.1 Å². The van der Waals surface area contributed by atoms with Crippen LogP contribution in [0.5, 0.6) is 0 Å². The largest absolute Gasteiger partial charge is 0.352 e. The van der Waals surface area contributed by atoms with Crippen molar-refractivity contribution in [3.8, 4) is 0 Å². The van der Waals surface area contributed by atoms with Gasteiger partial charge in [-0.15, -0.1) is 0 Å². The summed E-state index contributed by atoms with van der Waals surface area (Å²) in [5, 5.41) is 5.80. The van der Waals surface area contributed by atoms with E-state index in [1.165, 1.54) is 19.3 Å². The van der Waals surface area contributed by atoms with Gasteiger partial charge in [0.05, 0.1) is 0 Å². The molecule has 1 aromatic carbocycles. The lowest BCUT2D eigenvalue weighted by Gasteiger charge is -2.43. The third-order valence-corrected chi connectivity index (χ3v) is 5.10. The van der Waals surface area contributed by atoms with Crippen molar-refractivity contribution in [3.05, 3.63) is 35.9 Å². The lowest BCUT2D eigenvalue weighted by atomic mass is 9.80. The number of benzene rings is 1. The molecule has 1 unspecified atom stereocenters. The van der Waals surface area contributed by atoms with Crippen molar-refractivity contribution in [2.45, 2.75) is 50.6 Å². The van der Waals surface area contributed by atoms with Crippen LogP contribution in [0.4, 0.5) is 0 Å². The van der Waals surface area contributed by atoms with Crippen LogP contribution in [0.1, 0.15) is 49.4 Å². The Morgan fingerprint density at radius 1 is 1.12 bits per heavy atom. The molecule has 1 aliphatic rings. The second-order valence-electron chi connectivity index (χ2n) is 6.96. The Hall–Kier alpha value is -1.88. The predicted octanol–water partition coefficient (Wildman–Crippen LogP) is 2.19. The summed E-state index contributed by atoms with van der Waals surface area (Å²) in [6.07, 6.45) is 5.88. The van der Waals surface area contributed by atoms with E-state index in [-0.39, 0.29) is 17.4 Å². The zero-order valence-electron chi connectivity index (χ0n) is 15.0. The van der Waals surface area contributed by atoms with Crippen LogP contribution in [0.15, 0.2) is 30.3 Å². The molecule has 1 aliphatic carbocycles. The first-order valence-corrected chi connectivity index (χ1v) is 8.76. The van der Waals surface area contributed by atoms with E-state index in [2.05, 4.69) is 29.6 Å². The molecule has 0 heterocycles. The molecule has 2 N–H and O–H groups in total. The van der Waals surface area contributed by atoms with Crippen LogP contribution in [-0.2, 0) is 4.79 Å². The van der Waals surface area contributed by atoms with E-state index in [1.807, 2.05) is 18.2 Å². The van der Waals surface area contributed by atoms with E-state index in [1.54, 1.807) is 19.1 Å². The molecule has 1 atom stereocenters. The molecule has 2 rings (SSSR count). The molecule has 0 radical (unpaired) electrons. The molecule has 1 saturated carbocycles. The number of hydrogen-bond donors (Lipinski definition) is 2. The van der Waals surface area contributed by atoms with Gasteiger partial charge in [-0.1, -0.05) is 37.5 Å². The van der Waals surface area contributed by atoms with Crippen molar-refractivity contribution in [3.63, 3.8) is 0 Å². The van der Waals surface area contributed by atoms with Crippen LogP contribution in [0.3, 0.4) is 0 Å². The fourth-order valence-corrected chi connectivity index (χ4v) is 3.33. The minimum absolute atomic E-state index is 0.0388. The highest BCUT2D eigenvalue weighted by atomic mass is 16.2. The molecular weight excluding hydrogens is 302 g/mol. The fourth-order valence-electron chi connectivity index (χ4n) is 3.33. The summed E-state index contributed by atoms with van der Waals surface area (Å²) in [5.41, 5.74) is 0.603. The minimum Gasteiger partial charge on any atom is -0.352 e. The SMILES string of the molecule is CC(NC(=O)c1ccccc1)C(=O)NCC1(N(C)C)CCCCC1. The van der Waals surface area contributed by atoms with Crippen molar-refractivity contribution >= 4 is 11.8 Å². The number of hydrogen-bond acceptors (Lipinski definition) is 3. The standard InChI is InChI=1S/C19H29N3O2/c1-15(21-18(24)16-10-6-4-7-11-16)17(23)20-14-19(22(2)3)12-8-5-9-13-19/h4,6-7,10-11,15H,5,8-9,12-14H2,1-3H3,(H,20,23)(H,21,24). The molecule has 0 saturated heterocycles. The first kappa shape index (κ1) is 18.5. The topological polar surface area (TPSA) is 61.4 Å². The van der Waals surface area contributed by atoms with Gasteiger partial charge in [0, 0.05) is 17.6 Å². The molecule has 2 amide bonds. The van der Waals surface area contributed by atoms with Crippen LogP contribution >= 0.6 is 0 Å². The lowest BCUT2D eigenvalue weighted by molar-refractivity contribution is -0.123. The molecule has 5 heteroatoms. The molecule has 0 aliphatic heterocycles. The Labute approximate surface area is 144 Å². The Morgan fingerprint density at radius 2 is 1.75 bits per heavy atom. The number of rotatable bonds is 6. The molecule has 1 fully saturated rings. The molecule has 0 spiro atoms. The molecule has 5 nitrogen and oxygen atoms in total. The highest BCUT2D eigenvalue weighted by molar-refractivity contribution is 5.97. The molecule has 1 aromatic rings. The van der Waals surface area contributed by atoms with E-state index < -0.39 is 6.04 Å². The maximum atomic E-state index is 12.4. The van der Waals surface area contributed by atoms with Gasteiger partial charge in [0.25, 0.3) is 5.91 Å². The Balaban J connectivity index is 1.88. The lowest BCUT2D eigenvalue weighted by Crippen LogP contribution is -2.56. The minimum atomic E-state index is -0.555. The first-order valence-electron chi connectivity index (χ1n) is 8.76. The Morgan fingerprint density at radius 3 is 2.33 bits per heavy atom. The van der Waals surface area contributed by atoms with Crippen LogP contribution in [-0.4, -0.2) is 48.9 Å². The Bertz CT molecular complexity index is 551. The molecule has 24 heavy (non-hydrogen) atoms. The van der Waals surface area contributed by atoms with Crippen LogP contribution in [0.25, 0.3) is 0 Å². The summed E-state index contributed by atoms with van der Waals surface area (Å²) in [6, 6.07) is 8.40. The van der Waals surface area contributed by atoms with Crippen molar-refractivity contribution in [1.82, 2.24) is 15.5 Å². The maximum Gasteiger partial charge on any atom is 0.251 e. The van der Waals surface area contributed by atoms with E-state index >= 15 is 0 Å². The van der Waals surface area contributed by atoms with Crippen molar-refractivity contribution in [2.75, 3.05) is 20.6 Å². The quantitative estimate of drug-likeness (QED) is 0.840. The average molecular weight is 331 g/mol. The van der Waals surface area contributed by atoms with Gasteiger partial charge in [-0.05, 0) is 46.0 Å². The van der Waals surface area contributed by atoms with Crippen molar-refractivity contribution in [1.29, 1.82) is 0 Å². The third-order valence-electron chi connectivity index (χ3n) is 5.10. The summed E-state index contributed by atoms with van der Waals surface area (Å²) < 4.78 is 0. The fraction of sp³-hybridized carbons (Fsp3) is 0.579. The maximum absolute atomic E-state index is 12.4. The number of nitrogens with zero attached hydrogens (tertiary/aromatic N) is 1. The average Bonchev–Trinajstić information content (AvgIpc) is 2.61. The molecule has 0 bridgehead atoms. The second-order valence-corrected chi connectivity index (χ2v) is 6.96. The third kappa shape index (κ3) is 4.57. The summed E-state index contributed by atoms with van der Waals surface area (Å²) in [6.45, 7) is 2.35. The first-order chi connectivity index (χ1) is 11.4. The second kappa shape index (κ2) is 8.29. The van der Waals surface area contributed by atoms with Gasteiger partial charge in [-0.25, -0.2) is 0 Å². The van der Waals surface area contributed by atoms with Gasteiger partial charge >= 0.3 is 0 Å². The summed E-state index contributed by atoms with van der Waals surface area (Å²) in [4.78, 5) is 26.7. The summed E-state index contributed by atoms with van der Waals surface area (Å²) in [7, 11) is 4.16. The highest BCUT2D eigenvalue weighted by Gasteiger charge is 2.34. The summed E-state index contributed by atoms with van der Waals surface area (Å²) >= 11 is 0. The zero-order chi connectivity index (χ0) is 17.6. The normalized spacial score (nSPS) is 18.0. The smallest absolute Gasteiger partial charge is 0.251 e. The predicted molar refractivity (Wildman–Crippen MR) is 95.9 cm³/mol. The highest BCUT2D eigenvalue weighted by Crippen LogP contribution is 2.31. The monoisotopic (exact) mass is 331 g/mol. The number of nitrogens with one attached hydrogen (secondary N) is 2. The summed E-state index contributed by atoms with van der Waals surface area (Å²) in [5.74, 6) is -0.357. The van der Waals surface area contributed by atoms with Crippen molar-refractivity contribution in [2.24, 2.45) is 0 Å². The zero-order valence-corrected chi connectivity index (χ0v) is 15.0. The van der Waals surface area contributed by atoms with Gasteiger partial charge in [0.15, 0.2) is 0 Å². The van der Waals surface area contributed by atoms with Crippen LogP contribution in [0, 0.1) is 0 Å². The molecule has 0 aromatic heterocycles. The molecule has 132 valence electrons. The van der Waals surface area contributed by atoms with Crippen LogP contribution < -0.4 is 10.6 Å². The molecular formula is C19H29N3O2. The van der Waals surface area contributed by atoms with Gasteiger partial charge in [-0.2, -0.15) is 0 Å². The van der Waals surface area contributed by atoms with Gasteiger partial charge in [-0.3, -0.25) is 9.59 Å². The number of carbonyl (C=O) groups is 2. The van der Waals surface area contributed by atoms with Gasteiger partial charge < -0.3 is 15.5 Å². The van der Waals surface area contributed by atoms with E-state index in [9.17, 15) is 9.59 Å². The number of amides is 2.